The Kier molecular flexibility index (Phi) is 5.71. The van der Waals surface area contributed by atoms with Crippen LogP contribution in [-0.2, 0) is 16.0 Å². The molecule has 0 aliphatic heterocycles. The van der Waals surface area contributed by atoms with Crippen LogP contribution >= 0.6 is 11.3 Å². The van der Waals surface area contributed by atoms with Gasteiger partial charge >= 0.3 is 5.97 Å². The highest BCUT2D eigenvalue weighted by atomic mass is 32.1. The molecule has 27 heavy (non-hydrogen) atoms. The number of amides is 1. The van der Waals surface area contributed by atoms with E-state index in [1.54, 1.807) is 6.92 Å². The number of carbonyl (C=O) groups excluding carboxylic acids is 2. The van der Waals surface area contributed by atoms with E-state index in [0.717, 1.165) is 17.7 Å². The van der Waals surface area contributed by atoms with Crippen molar-refractivity contribution in [3.8, 4) is 11.3 Å². The van der Waals surface area contributed by atoms with E-state index >= 15 is 0 Å². The molecule has 0 unspecified atom stereocenters. The summed E-state index contributed by atoms with van der Waals surface area (Å²) in [5, 5.41) is 5.02. The van der Waals surface area contributed by atoms with E-state index in [0.29, 0.717) is 16.5 Å². The number of esters is 1. The third-order valence-electron chi connectivity index (χ3n) is 4.12. The first kappa shape index (κ1) is 18.8. The number of aryl methyl sites for hydroxylation is 2. The first-order chi connectivity index (χ1) is 13.0. The summed E-state index contributed by atoms with van der Waals surface area (Å²) in [6.07, 6.45) is 1.43. The first-order valence-electron chi connectivity index (χ1n) is 8.58. The predicted octanol–water partition coefficient (Wildman–Crippen LogP) is 4.46. The van der Waals surface area contributed by atoms with Gasteiger partial charge in [-0.05, 0) is 31.9 Å². The molecule has 2 aromatic heterocycles. The molecule has 1 aromatic carbocycles. The Bertz CT molecular complexity index is 943. The molecule has 0 fully saturated rings. The lowest BCUT2D eigenvalue weighted by Crippen LogP contribution is -2.30. The zero-order valence-electron chi connectivity index (χ0n) is 15.3. The maximum Gasteiger partial charge on any atom is 0.342 e. The molecule has 6 nitrogen and oxygen atoms in total. The van der Waals surface area contributed by atoms with Crippen molar-refractivity contribution in [1.82, 2.24) is 4.98 Å². The van der Waals surface area contributed by atoms with E-state index in [1.807, 2.05) is 17.5 Å². The number of ether oxygens (including phenoxy) is 1. The van der Waals surface area contributed by atoms with Gasteiger partial charge in [-0.2, -0.15) is 0 Å². The quantitative estimate of drug-likeness (QED) is 0.635. The van der Waals surface area contributed by atoms with E-state index < -0.39 is 18.0 Å². The summed E-state index contributed by atoms with van der Waals surface area (Å²) in [5.41, 5.74) is 3.34. The summed E-state index contributed by atoms with van der Waals surface area (Å²) in [5.74, 6) is -0.585. The molecule has 0 saturated carbocycles. The summed E-state index contributed by atoms with van der Waals surface area (Å²) in [4.78, 5) is 28.8. The van der Waals surface area contributed by atoms with Crippen LogP contribution in [0.2, 0.25) is 0 Å². The molecule has 0 spiro atoms. The number of hydrogen-bond donors (Lipinski definition) is 1. The molecule has 3 aromatic rings. The van der Waals surface area contributed by atoms with Crippen LogP contribution < -0.4 is 5.32 Å². The maximum absolute atomic E-state index is 12.3. The number of carbonyl (C=O) groups is 2. The summed E-state index contributed by atoms with van der Waals surface area (Å²) in [7, 11) is 0. The summed E-state index contributed by atoms with van der Waals surface area (Å²) < 4.78 is 10.3. The minimum absolute atomic E-state index is 0.307. The van der Waals surface area contributed by atoms with E-state index in [1.165, 1.54) is 36.2 Å². The van der Waals surface area contributed by atoms with Crippen molar-refractivity contribution >= 4 is 28.3 Å². The predicted molar refractivity (Wildman–Crippen MR) is 104 cm³/mol. The molecule has 1 amide bonds. The summed E-state index contributed by atoms with van der Waals surface area (Å²) in [6.45, 7) is 5.28. The molecular formula is C20H20N2O4S. The van der Waals surface area contributed by atoms with Crippen LogP contribution in [0.5, 0.6) is 0 Å². The fourth-order valence-corrected chi connectivity index (χ4v) is 3.18. The number of thiazole rings is 1. The lowest BCUT2D eigenvalue weighted by atomic mass is 10.1. The van der Waals surface area contributed by atoms with Crippen molar-refractivity contribution < 1.29 is 18.7 Å². The minimum Gasteiger partial charge on any atom is -0.469 e. The summed E-state index contributed by atoms with van der Waals surface area (Å²) >= 11 is 1.32. The van der Waals surface area contributed by atoms with Crippen LogP contribution in [0.4, 0.5) is 5.13 Å². The molecule has 0 saturated heterocycles. The topological polar surface area (TPSA) is 81.4 Å². The van der Waals surface area contributed by atoms with Gasteiger partial charge < -0.3 is 9.15 Å². The standard InChI is InChI=1S/C20H20N2O4S/c1-4-14-5-7-15(8-6-14)17-11-27-20(21-17)22-18(23)13(3)26-19(24)16-9-10-25-12(16)2/h5-11,13H,4H2,1-3H3,(H,21,22,23)/t13-/m0/s1. The normalized spacial score (nSPS) is 11.8. The fourth-order valence-electron chi connectivity index (χ4n) is 2.46. The van der Waals surface area contributed by atoms with Gasteiger partial charge in [0.05, 0.1) is 12.0 Å². The zero-order chi connectivity index (χ0) is 19.4. The average molecular weight is 384 g/mol. The molecule has 0 aliphatic carbocycles. The van der Waals surface area contributed by atoms with Crippen LogP contribution in [0.1, 0.15) is 35.5 Å². The Labute approximate surface area is 161 Å². The second kappa shape index (κ2) is 8.18. The Morgan fingerprint density at radius 3 is 2.63 bits per heavy atom. The highest BCUT2D eigenvalue weighted by molar-refractivity contribution is 7.14. The number of furan rings is 1. The zero-order valence-corrected chi connectivity index (χ0v) is 16.1. The van der Waals surface area contributed by atoms with Gasteiger partial charge in [0.15, 0.2) is 11.2 Å². The number of benzene rings is 1. The van der Waals surface area contributed by atoms with Gasteiger partial charge in [0.25, 0.3) is 5.91 Å². The van der Waals surface area contributed by atoms with Gasteiger partial charge in [0.2, 0.25) is 0 Å². The van der Waals surface area contributed by atoms with Crippen molar-refractivity contribution in [2.45, 2.75) is 33.3 Å². The van der Waals surface area contributed by atoms with Crippen molar-refractivity contribution in [1.29, 1.82) is 0 Å². The molecule has 1 atom stereocenters. The van der Waals surface area contributed by atoms with Crippen molar-refractivity contribution in [3.05, 3.63) is 58.9 Å². The molecule has 0 aliphatic rings. The molecule has 3 rings (SSSR count). The fraction of sp³-hybridized carbons (Fsp3) is 0.250. The molecule has 0 bridgehead atoms. The number of nitrogens with one attached hydrogen (secondary N) is 1. The average Bonchev–Trinajstić information content (AvgIpc) is 3.30. The summed E-state index contributed by atoms with van der Waals surface area (Å²) in [6, 6.07) is 9.66. The lowest BCUT2D eigenvalue weighted by molar-refractivity contribution is -0.123. The van der Waals surface area contributed by atoms with Gasteiger partial charge in [-0.15, -0.1) is 11.3 Å². The Hall–Kier alpha value is -2.93. The maximum atomic E-state index is 12.3. The highest BCUT2D eigenvalue weighted by Crippen LogP contribution is 2.25. The third kappa shape index (κ3) is 4.43. The second-order valence-corrected chi connectivity index (χ2v) is 6.87. The molecule has 1 N–H and O–H groups in total. The van der Waals surface area contributed by atoms with Crippen molar-refractivity contribution in [2.75, 3.05) is 5.32 Å². The van der Waals surface area contributed by atoms with Gasteiger partial charge in [-0.3, -0.25) is 10.1 Å². The molecule has 0 radical (unpaired) electrons. The Morgan fingerprint density at radius 2 is 2.00 bits per heavy atom. The second-order valence-electron chi connectivity index (χ2n) is 6.02. The van der Waals surface area contributed by atoms with Crippen molar-refractivity contribution in [3.63, 3.8) is 0 Å². The van der Waals surface area contributed by atoms with Gasteiger partial charge in [0.1, 0.15) is 11.3 Å². The van der Waals surface area contributed by atoms with Crippen LogP contribution in [-0.4, -0.2) is 23.0 Å². The van der Waals surface area contributed by atoms with E-state index in [9.17, 15) is 9.59 Å². The lowest BCUT2D eigenvalue weighted by Gasteiger charge is -2.11. The van der Waals surface area contributed by atoms with Crippen LogP contribution in [0.25, 0.3) is 11.3 Å². The largest absolute Gasteiger partial charge is 0.469 e. The van der Waals surface area contributed by atoms with Crippen LogP contribution in [0, 0.1) is 6.92 Å². The third-order valence-corrected chi connectivity index (χ3v) is 4.88. The monoisotopic (exact) mass is 384 g/mol. The van der Waals surface area contributed by atoms with E-state index in [4.69, 9.17) is 9.15 Å². The van der Waals surface area contributed by atoms with Crippen molar-refractivity contribution in [2.24, 2.45) is 0 Å². The van der Waals surface area contributed by atoms with Gasteiger partial charge in [0, 0.05) is 10.9 Å². The molecule has 2 heterocycles. The molecular weight excluding hydrogens is 364 g/mol. The number of anilines is 1. The number of aromatic nitrogens is 1. The van der Waals surface area contributed by atoms with Gasteiger partial charge in [-0.25, -0.2) is 9.78 Å². The Morgan fingerprint density at radius 1 is 1.26 bits per heavy atom. The first-order valence-corrected chi connectivity index (χ1v) is 9.46. The Balaban J connectivity index is 1.61. The minimum atomic E-state index is -0.956. The number of rotatable bonds is 6. The van der Waals surface area contributed by atoms with E-state index in [2.05, 4.69) is 29.4 Å². The highest BCUT2D eigenvalue weighted by Gasteiger charge is 2.22. The van der Waals surface area contributed by atoms with E-state index in [-0.39, 0.29) is 0 Å². The smallest absolute Gasteiger partial charge is 0.342 e. The SMILES string of the molecule is CCc1ccc(-c2csc(NC(=O)[C@H](C)OC(=O)c3ccoc3C)n2)cc1. The molecule has 140 valence electrons. The number of nitrogens with zero attached hydrogens (tertiary/aromatic N) is 1. The van der Waals surface area contributed by atoms with Crippen LogP contribution in [0.3, 0.4) is 0 Å². The number of hydrogen-bond acceptors (Lipinski definition) is 6. The van der Waals surface area contributed by atoms with Gasteiger partial charge in [-0.1, -0.05) is 31.2 Å². The van der Waals surface area contributed by atoms with Crippen LogP contribution in [0.15, 0.2) is 46.4 Å². The molecule has 7 heteroatoms.